The van der Waals surface area contributed by atoms with Gasteiger partial charge in [0, 0.05) is 13.0 Å². The number of hydrazone groups is 1. The number of ether oxygens (including phenoxy) is 1. The van der Waals surface area contributed by atoms with E-state index in [2.05, 4.69) is 29.2 Å². The Labute approximate surface area is 130 Å². The van der Waals surface area contributed by atoms with Gasteiger partial charge in [-0.1, -0.05) is 25.1 Å². The van der Waals surface area contributed by atoms with Crippen LogP contribution >= 0.6 is 0 Å². The standard InChI is InChI=1S/C18H19N3O/c1-13-16-6-4-5-7-17(16)20-18(13)12-19-21(2)14-8-10-15(22-3)11-9-14/h4-13H,1-3H3/b19-12+. The number of para-hydroxylation sites is 1. The van der Waals surface area contributed by atoms with E-state index in [1.807, 2.05) is 54.7 Å². The maximum Gasteiger partial charge on any atom is 0.119 e. The molecule has 4 heteroatoms. The van der Waals surface area contributed by atoms with E-state index in [1.165, 1.54) is 5.56 Å². The lowest BCUT2D eigenvalue weighted by Crippen LogP contribution is -2.13. The zero-order chi connectivity index (χ0) is 15.5. The van der Waals surface area contributed by atoms with Crippen molar-refractivity contribution in [3.05, 3.63) is 54.1 Å². The maximum absolute atomic E-state index is 5.16. The molecule has 0 fully saturated rings. The van der Waals surface area contributed by atoms with E-state index in [9.17, 15) is 0 Å². The highest BCUT2D eigenvalue weighted by atomic mass is 16.5. The fraction of sp³-hybridized carbons (Fsp3) is 0.222. The van der Waals surface area contributed by atoms with Gasteiger partial charge in [-0.2, -0.15) is 5.10 Å². The van der Waals surface area contributed by atoms with Crippen LogP contribution in [-0.4, -0.2) is 26.1 Å². The highest BCUT2D eigenvalue weighted by molar-refractivity contribution is 6.35. The highest BCUT2D eigenvalue weighted by Crippen LogP contribution is 2.34. The van der Waals surface area contributed by atoms with Crippen molar-refractivity contribution >= 4 is 23.3 Å². The van der Waals surface area contributed by atoms with Gasteiger partial charge < -0.3 is 4.74 Å². The van der Waals surface area contributed by atoms with Gasteiger partial charge in [-0.25, -0.2) is 0 Å². The van der Waals surface area contributed by atoms with Crippen molar-refractivity contribution in [1.29, 1.82) is 0 Å². The number of hydrogen-bond acceptors (Lipinski definition) is 4. The molecule has 1 aliphatic heterocycles. The van der Waals surface area contributed by atoms with Crippen LogP contribution in [0, 0.1) is 0 Å². The van der Waals surface area contributed by atoms with E-state index in [1.54, 1.807) is 7.11 Å². The van der Waals surface area contributed by atoms with Crippen molar-refractivity contribution in [3.63, 3.8) is 0 Å². The molecular formula is C18H19N3O. The SMILES string of the molecule is COc1ccc(N(C)/N=C/C2=Nc3ccccc3C2C)cc1. The molecule has 4 nitrogen and oxygen atoms in total. The molecule has 112 valence electrons. The lowest BCUT2D eigenvalue weighted by molar-refractivity contribution is 0.415. The second kappa shape index (κ2) is 6.02. The van der Waals surface area contributed by atoms with Crippen LogP contribution in [0.2, 0.25) is 0 Å². The van der Waals surface area contributed by atoms with Gasteiger partial charge in [-0.3, -0.25) is 10.0 Å². The van der Waals surface area contributed by atoms with Gasteiger partial charge in [0.15, 0.2) is 0 Å². The van der Waals surface area contributed by atoms with Crippen LogP contribution in [0.15, 0.2) is 58.6 Å². The topological polar surface area (TPSA) is 37.2 Å². The number of nitrogens with zero attached hydrogens (tertiary/aromatic N) is 3. The molecule has 2 aromatic rings. The molecule has 1 unspecified atom stereocenters. The molecule has 0 aliphatic carbocycles. The summed E-state index contributed by atoms with van der Waals surface area (Å²) in [6, 6.07) is 16.0. The van der Waals surface area contributed by atoms with Crippen molar-refractivity contribution < 1.29 is 4.74 Å². The fourth-order valence-electron chi connectivity index (χ4n) is 2.50. The molecule has 1 atom stereocenters. The molecular weight excluding hydrogens is 274 g/mol. The summed E-state index contributed by atoms with van der Waals surface area (Å²) in [5, 5.41) is 6.33. The molecule has 0 spiro atoms. The summed E-state index contributed by atoms with van der Waals surface area (Å²) in [5.74, 6) is 1.12. The van der Waals surface area contributed by atoms with Gasteiger partial charge in [0.2, 0.25) is 0 Å². The quantitative estimate of drug-likeness (QED) is 0.631. The van der Waals surface area contributed by atoms with Crippen molar-refractivity contribution in [2.75, 3.05) is 19.2 Å². The van der Waals surface area contributed by atoms with E-state index in [-0.39, 0.29) is 5.92 Å². The first-order valence-electron chi connectivity index (χ1n) is 7.28. The Hall–Kier alpha value is -2.62. The number of methoxy groups -OCH3 is 1. The third-order valence-corrected chi connectivity index (χ3v) is 3.91. The summed E-state index contributed by atoms with van der Waals surface area (Å²) in [6.07, 6.45) is 1.84. The highest BCUT2D eigenvalue weighted by Gasteiger charge is 2.21. The minimum atomic E-state index is 0.282. The van der Waals surface area contributed by atoms with Gasteiger partial charge in [-0.15, -0.1) is 0 Å². The molecule has 0 saturated carbocycles. The van der Waals surface area contributed by atoms with Crippen LogP contribution in [0.25, 0.3) is 0 Å². The van der Waals surface area contributed by atoms with E-state index in [0.717, 1.165) is 22.8 Å². The number of rotatable bonds is 4. The molecule has 0 aromatic heterocycles. The van der Waals surface area contributed by atoms with Crippen LogP contribution in [0.4, 0.5) is 11.4 Å². The lowest BCUT2D eigenvalue weighted by atomic mass is 9.99. The van der Waals surface area contributed by atoms with E-state index < -0.39 is 0 Å². The number of aliphatic imine (C=N–C) groups is 1. The molecule has 0 N–H and O–H groups in total. The summed E-state index contributed by atoms with van der Waals surface area (Å²) in [6.45, 7) is 2.16. The summed E-state index contributed by atoms with van der Waals surface area (Å²) in [4.78, 5) is 4.65. The van der Waals surface area contributed by atoms with Crippen LogP contribution in [0.5, 0.6) is 5.75 Å². The van der Waals surface area contributed by atoms with Crippen LogP contribution in [0.3, 0.4) is 0 Å². The van der Waals surface area contributed by atoms with Crippen molar-refractivity contribution in [2.24, 2.45) is 10.1 Å². The summed E-state index contributed by atoms with van der Waals surface area (Å²) < 4.78 is 5.16. The smallest absolute Gasteiger partial charge is 0.119 e. The number of fused-ring (bicyclic) bond motifs is 1. The molecule has 0 saturated heterocycles. The first kappa shape index (κ1) is 14.3. The van der Waals surface area contributed by atoms with Gasteiger partial charge in [0.05, 0.1) is 30.4 Å². The Balaban J connectivity index is 1.74. The van der Waals surface area contributed by atoms with Crippen LogP contribution in [0.1, 0.15) is 18.4 Å². The molecule has 2 aromatic carbocycles. The number of benzene rings is 2. The predicted molar refractivity (Wildman–Crippen MR) is 91.8 cm³/mol. The minimum Gasteiger partial charge on any atom is -0.497 e. The zero-order valence-corrected chi connectivity index (χ0v) is 13.0. The molecule has 0 bridgehead atoms. The molecule has 0 amide bonds. The van der Waals surface area contributed by atoms with Gasteiger partial charge >= 0.3 is 0 Å². The Morgan fingerprint density at radius 1 is 1.14 bits per heavy atom. The first-order chi connectivity index (χ1) is 10.7. The van der Waals surface area contributed by atoms with Gasteiger partial charge in [0.1, 0.15) is 5.75 Å². The van der Waals surface area contributed by atoms with Crippen LogP contribution < -0.4 is 9.75 Å². The monoisotopic (exact) mass is 293 g/mol. The summed E-state index contributed by atoms with van der Waals surface area (Å²) >= 11 is 0. The lowest BCUT2D eigenvalue weighted by Gasteiger charge is -2.13. The largest absolute Gasteiger partial charge is 0.497 e. The second-order valence-corrected chi connectivity index (χ2v) is 5.28. The zero-order valence-electron chi connectivity index (χ0n) is 13.0. The third kappa shape index (κ3) is 2.72. The van der Waals surface area contributed by atoms with Gasteiger partial charge in [-0.05, 0) is 35.9 Å². The molecule has 3 rings (SSSR count). The van der Waals surface area contributed by atoms with Crippen molar-refractivity contribution in [1.82, 2.24) is 0 Å². The van der Waals surface area contributed by atoms with E-state index in [0.29, 0.717) is 0 Å². The molecule has 1 heterocycles. The normalized spacial score (nSPS) is 16.5. The Morgan fingerprint density at radius 2 is 1.86 bits per heavy atom. The molecule has 22 heavy (non-hydrogen) atoms. The minimum absolute atomic E-state index is 0.282. The average molecular weight is 293 g/mol. The first-order valence-corrected chi connectivity index (χ1v) is 7.28. The Morgan fingerprint density at radius 3 is 2.55 bits per heavy atom. The fourth-order valence-corrected chi connectivity index (χ4v) is 2.50. The number of anilines is 1. The summed E-state index contributed by atoms with van der Waals surface area (Å²) in [7, 11) is 3.58. The van der Waals surface area contributed by atoms with E-state index in [4.69, 9.17) is 4.74 Å². The molecule has 1 aliphatic rings. The Kier molecular flexibility index (Phi) is 3.92. The molecule has 0 radical (unpaired) electrons. The summed E-state index contributed by atoms with van der Waals surface area (Å²) in [5.41, 5.74) is 4.29. The predicted octanol–water partition coefficient (Wildman–Crippen LogP) is 4.01. The van der Waals surface area contributed by atoms with E-state index >= 15 is 0 Å². The Bertz CT molecular complexity index is 719. The second-order valence-electron chi connectivity index (χ2n) is 5.28. The maximum atomic E-state index is 5.16. The van der Waals surface area contributed by atoms with Gasteiger partial charge in [0.25, 0.3) is 0 Å². The average Bonchev–Trinajstić information content (AvgIpc) is 2.89. The van der Waals surface area contributed by atoms with Crippen molar-refractivity contribution in [2.45, 2.75) is 12.8 Å². The number of hydrogen-bond donors (Lipinski definition) is 0. The third-order valence-electron chi connectivity index (χ3n) is 3.91. The van der Waals surface area contributed by atoms with Crippen LogP contribution in [-0.2, 0) is 0 Å². The van der Waals surface area contributed by atoms with Crippen molar-refractivity contribution in [3.8, 4) is 5.75 Å².